The van der Waals surface area contributed by atoms with Crippen LogP contribution in [0, 0.1) is 11.7 Å². The number of aromatic nitrogens is 2. The lowest BCUT2D eigenvalue weighted by Crippen LogP contribution is -2.32. The van der Waals surface area contributed by atoms with Gasteiger partial charge in [0.1, 0.15) is 24.3 Å². The fraction of sp³-hybridized carbons (Fsp3) is 0.412. The van der Waals surface area contributed by atoms with E-state index in [9.17, 15) is 14.3 Å². The number of imidazole rings is 1. The van der Waals surface area contributed by atoms with E-state index in [1.54, 1.807) is 10.8 Å². The van der Waals surface area contributed by atoms with Crippen molar-refractivity contribution < 1.29 is 19.0 Å². The van der Waals surface area contributed by atoms with Gasteiger partial charge in [-0.05, 0) is 24.1 Å². The second kappa shape index (κ2) is 7.55. The molecule has 1 aliphatic heterocycles. The second-order valence-corrected chi connectivity index (χ2v) is 5.90. The van der Waals surface area contributed by atoms with E-state index < -0.39 is 6.10 Å². The Kier molecular flexibility index (Phi) is 5.22. The summed E-state index contributed by atoms with van der Waals surface area (Å²) < 4.78 is 19.9. The number of nitrogens with one attached hydrogen (secondary N) is 1. The predicted octanol–water partition coefficient (Wildman–Crippen LogP) is 1.26. The third-order valence-corrected chi connectivity index (χ3v) is 4.10. The summed E-state index contributed by atoms with van der Waals surface area (Å²) >= 11 is 0. The maximum atomic E-state index is 13.0. The van der Waals surface area contributed by atoms with Gasteiger partial charge in [0, 0.05) is 31.5 Å². The maximum absolute atomic E-state index is 13.0. The van der Waals surface area contributed by atoms with Crippen molar-refractivity contribution in [1.82, 2.24) is 14.9 Å². The van der Waals surface area contributed by atoms with Crippen LogP contribution in [-0.4, -0.2) is 40.3 Å². The molecular formula is C17H20FN3O3. The molecule has 1 saturated heterocycles. The molecule has 2 aromatic rings. The van der Waals surface area contributed by atoms with Gasteiger partial charge in [0.15, 0.2) is 0 Å². The van der Waals surface area contributed by atoms with E-state index in [1.807, 2.05) is 0 Å². The minimum absolute atomic E-state index is 0.0706. The van der Waals surface area contributed by atoms with Gasteiger partial charge in [-0.25, -0.2) is 9.37 Å². The minimum atomic E-state index is -1.02. The molecule has 128 valence electrons. The normalized spacial score (nSPS) is 18.5. The number of nitrogens with zero attached hydrogens (tertiary/aromatic N) is 2. The van der Waals surface area contributed by atoms with Crippen LogP contribution in [0.5, 0.6) is 0 Å². The second-order valence-electron chi connectivity index (χ2n) is 5.90. The number of amides is 1. The number of rotatable bonds is 6. The van der Waals surface area contributed by atoms with Crippen molar-refractivity contribution in [3.63, 3.8) is 0 Å². The van der Waals surface area contributed by atoms with Gasteiger partial charge in [-0.15, -0.1) is 0 Å². The molecule has 7 heteroatoms. The molecule has 0 bridgehead atoms. The highest BCUT2D eigenvalue weighted by atomic mass is 19.1. The Morgan fingerprint density at radius 3 is 2.96 bits per heavy atom. The lowest BCUT2D eigenvalue weighted by molar-refractivity contribution is -0.121. The first-order valence-electron chi connectivity index (χ1n) is 7.92. The number of aliphatic hydroxyl groups excluding tert-OH is 1. The van der Waals surface area contributed by atoms with Crippen molar-refractivity contribution in [1.29, 1.82) is 0 Å². The Hall–Kier alpha value is -2.25. The fourth-order valence-corrected chi connectivity index (χ4v) is 2.71. The quantitative estimate of drug-likeness (QED) is 0.834. The lowest BCUT2D eigenvalue weighted by atomic mass is 10.1. The number of aliphatic hydroxyl groups is 1. The summed E-state index contributed by atoms with van der Waals surface area (Å²) in [7, 11) is 0. The minimum Gasteiger partial charge on any atom is -0.381 e. The Bertz CT molecular complexity index is 681. The van der Waals surface area contributed by atoms with E-state index in [-0.39, 0.29) is 18.3 Å². The average molecular weight is 333 g/mol. The smallest absolute Gasteiger partial charge is 0.239 e. The number of benzene rings is 1. The molecular weight excluding hydrogens is 313 g/mol. The number of hydrogen-bond donors (Lipinski definition) is 2. The Balaban J connectivity index is 1.61. The predicted molar refractivity (Wildman–Crippen MR) is 84.6 cm³/mol. The van der Waals surface area contributed by atoms with Crippen LogP contribution in [0.4, 0.5) is 4.39 Å². The fourth-order valence-electron chi connectivity index (χ4n) is 2.71. The average Bonchev–Trinajstić information content (AvgIpc) is 3.24. The van der Waals surface area contributed by atoms with Crippen molar-refractivity contribution in [2.24, 2.45) is 5.92 Å². The number of carbonyl (C=O) groups is 1. The van der Waals surface area contributed by atoms with E-state index in [2.05, 4.69) is 10.3 Å². The van der Waals surface area contributed by atoms with Crippen molar-refractivity contribution in [2.75, 3.05) is 19.8 Å². The van der Waals surface area contributed by atoms with E-state index in [0.29, 0.717) is 30.5 Å². The van der Waals surface area contributed by atoms with Crippen molar-refractivity contribution in [3.8, 4) is 0 Å². The first-order valence-corrected chi connectivity index (χ1v) is 7.92. The van der Waals surface area contributed by atoms with Crippen LogP contribution in [0.3, 0.4) is 0 Å². The molecule has 2 atom stereocenters. The molecule has 1 aliphatic rings. The maximum Gasteiger partial charge on any atom is 0.239 e. The van der Waals surface area contributed by atoms with Gasteiger partial charge < -0.3 is 19.7 Å². The Labute approximate surface area is 139 Å². The van der Waals surface area contributed by atoms with Crippen molar-refractivity contribution >= 4 is 5.91 Å². The molecule has 1 fully saturated rings. The third kappa shape index (κ3) is 3.98. The molecule has 3 rings (SSSR count). The van der Waals surface area contributed by atoms with E-state index >= 15 is 0 Å². The summed E-state index contributed by atoms with van der Waals surface area (Å²) in [5.41, 5.74) is 0.521. The molecule has 0 saturated carbocycles. The van der Waals surface area contributed by atoms with Crippen LogP contribution in [0.2, 0.25) is 0 Å². The molecule has 2 N–H and O–H groups in total. The molecule has 6 nitrogen and oxygen atoms in total. The topological polar surface area (TPSA) is 76.4 Å². The molecule has 0 spiro atoms. The van der Waals surface area contributed by atoms with Crippen LogP contribution in [0.15, 0.2) is 36.7 Å². The molecule has 2 heterocycles. The van der Waals surface area contributed by atoms with Gasteiger partial charge in [0.25, 0.3) is 0 Å². The van der Waals surface area contributed by atoms with Crippen LogP contribution < -0.4 is 5.32 Å². The molecule has 1 aromatic carbocycles. The van der Waals surface area contributed by atoms with Crippen molar-refractivity contribution in [2.45, 2.75) is 19.1 Å². The van der Waals surface area contributed by atoms with Gasteiger partial charge in [0.05, 0.1) is 6.61 Å². The van der Waals surface area contributed by atoms with E-state index in [1.165, 1.54) is 30.5 Å². The summed E-state index contributed by atoms with van der Waals surface area (Å²) in [6.45, 7) is 2.08. The zero-order valence-electron chi connectivity index (χ0n) is 13.2. The Morgan fingerprint density at radius 1 is 1.46 bits per heavy atom. The highest BCUT2D eigenvalue weighted by Gasteiger charge is 2.19. The van der Waals surface area contributed by atoms with E-state index in [4.69, 9.17) is 4.74 Å². The highest BCUT2D eigenvalue weighted by Crippen LogP contribution is 2.20. The summed E-state index contributed by atoms with van der Waals surface area (Å²) in [5, 5.41) is 13.3. The van der Waals surface area contributed by atoms with Gasteiger partial charge in [-0.2, -0.15) is 0 Å². The zero-order valence-corrected chi connectivity index (χ0v) is 13.2. The highest BCUT2D eigenvalue weighted by molar-refractivity contribution is 5.75. The number of ether oxygens (including phenoxy) is 1. The SMILES string of the molecule is O=C(Cn1ccnc1C(O)c1ccc(F)cc1)NCC1CCOC1. The molecule has 0 radical (unpaired) electrons. The molecule has 1 aromatic heterocycles. The Morgan fingerprint density at radius 2 is 2.25 bits per heavy atom. The first kappa shape index (κ1) is 16.6. The third-order valence-electron chi connectivity index (χ3n) is 4.10. The molecule has 2 unspecified atom stereocenters. The molecule has 0 aliphatic carbocycles. The first-order chi connectivity index (χ1) is 11.6. The van der Waals surface area contributed by atoms with Gasteiger partial charge in [-0.1, -0.05) is 12.1 Å². The van der Waals surface area contributed by atoms with Gasteiger partial charge in [-0.3, -0.25) is 4.79 Å². The van der Waals surface area contributed by atoms with Crippen LogP contribution >= 0.6 is 0 Å². The van der Waals surface area contributed by atoms with Gasteiger partial charge in [0.2, 0.25) is 5.91 Å². The van der Waals surface area contributed by atoms with E-state index in [0.717, 1.165) is 13.0 Å². The summed E-state index contributed by atoms with van der Waals surface area (Å²) in [6, 6.07) is 5.56. The summed E-state index contributed by atoms with van der Waals surface area (Å²) in [4.78, 5) is 16.2. The van der Waals surface area contributed by atoms with Gasteiger partial charge >= 0.3 is 0 Å². The molecule has 1 amide bonds. The number of halogens is 1. The summed E-state index contributed by atoms with van der Waals surface area (Å²) in [5.74, 6) is 0.194. The zero-order chi connectivity index (χ0) is 16.9. The largest absolute Gasteiger partial charge is 0.381 e. The monoisotopic (exact) mass is 333 g/mol. The standard InChI is InChI=1S/C17H20FN3O3/c18-14-3-1-13(2-4-14)16(23)17-19-6-7-21(17)10-15(22)20-9-12-5-8-24-11-12/h1-4,6-7,12,16,23H,5,8-11H2,(H,20,22). The lowest BCUT2D eigenvalue weighted by Gasteiger charge is -2.14. The molecule has 24 heavy (non-hydrogen) atoms. The number of hydrogen-bond acceptors (Lipinski definition) is 4. The summed E-state index contributed by atoms with van der Waals surface area (Å²) in [6.07, 6.45) is 3.11. The van der Waals surface area contributed by atoms with Crippen LogP contribution in [0.1, 0.15) is 23.9 Å². The number of carbonyl (C=O) groups excluding carboxylic acids is 1. The van der Waals surface area contributed by atoms with Crippen LogP contribution in [-0.2, 0) is 16.1 Å². The van der Waals surface area contributed by atoms with Crippen LogP contribution in [0.25, 0.3) is 0 Å². The van der Waals surface area contributed by atoms with Crippen molar-refractivity contribution in [3.05, 3.63) is 53.9 Å².